The van der Waals surface area contributed by atoms with Gasteiger partial charge in [0.15, 0.2) is 12.2 Å². The van der Waals surface area contributed by atoms with Crippen LogP contribution in [0.25, 0.3) is 22.3 Å². The monoisotopic (exact) mass is 550 g/mol. The average Bonchev–Trinajstić information content (AvgIpc) is 3.03. The summed E-state index contributed by atoms with van der Waals surface area (Å²) >= 11 is 0. The van der Waals surface area contributed by atoms with Crippen LogP contribution in [0.1, 0.15) is 33.1 Å². The molecule has 2 unspecified atom stereocenters. The third-order valence-electron chi connectivity index (χ3n) is 6.76. The lowest BCUT2D eigenvalue weighted by Gasteiger charge is -2.19. The maximum absolute atomic E-state index is 12.7. The minimum atomic E-state index is -0.585. The van der Waals surface area contributed by atoms with Crippen molar-refractivity contribution < 1.29 is 19.1 Å². The van der Waals surface area contributed by atoms with Gasteiger partial charge in [-0.25, -0.2) is 0 Å². The van der Waals surface area contributed by atoms with Crippen LogP contribution in [0.2, 0.25) is 0 Å². The van der Waals surface area contributed by atoms with Gasteiger partial charge in [-0.1, -0.05) is 98.8 Å². The summed E-state index contributed by atoms with van der Waals surface area (Å²) < 4.78 is 11.9. The molecule has 41 heavy (non-hydrogen) atoms. The topological polar surface area (TPSA) is 76.7 Å². The van der Waals surface area contributed by atoms with E-state index in [9.17, 15) is 9.59 Å². The van der Waals surface area contributed by atoms with Gasteiger partial charge in [0, 0.05) is 13.1 Å². The van der Waals surface area contributed by atoms with E-state index < -0.39 is 12.2 Å². The molecule has 0 saturated heterocycles. The second kappa shape index (κ2) is 15.3. The first-order chi connectivity index (χ1) is 20.1. The predicted octanol–water partition coefficient (Wildman–Crippen LogP) is 6.66. The SMILES string of the molecule is CCC(Oc1ccc(-c2ccccc2)cc1)C(=O)NCCCNC(=O)C(CC)Oc1ccc(-c2ccccc2)cc1. The molecule has 2 amide bonds. The maximum Gasteiger partial charge on any atom is 0.261 e. The third-order valence-corrected chi connectivity index (χ3v) is 6.76. The Kier molecular flexibility index (Phi) is 11.0. The fourth-order valence-corrected chi connectivity index (χ4v) is 4.43. The van der Waals surface area contributed by atoms with Crippen LogP contribution in [0.5, 0.6) is 11.5 Å². The molecule has 0 radical (unpaired) electrons. The normalized spacial score (nSPS) is 12.1. The summed E-state index contributed by atoms with van der Waals surface area (Å²) in [5.74, 6) is 0.970. The highest BCUT2D eigenvalue weighted by molar-refractivity contribution is 5.81. The van der Waals surface area contributed by atoms with E-state index in [-0.39, 0.29) is 11.8 Å². The first-order valence-corrected chi connectivity index (χ1v) is 14.3. The van der Waals surface area contributed by atoms with Gasteiger partial charge in [0.1, 0.15) is 11.5 Å². The van der Waals surface area contributed by atoms with E-state index in [1.165, 1.54) is 0 Å². The molecular weight excluding hydrogens is 512 g/mol. The molecule has 4 aromatic carbocycles. The Morgan fingerprint density at radius 2 is 0.878 bits per heavy atom. The molecule has 4 rings (SSSR count). The molecule has 0 aromatic heterocycles. The third kappa shape index (κ3) is 8.70. The molecule has 0 fully saturated rings. The van der Waals surface area contributed by atoms with Crippen LogP contribution in [0, 0.1) is 0 Å². The summed E-state index contributed by atoms with van der Waals surface area (Å²) in [5.41, 5.74) is 4.44. The molecule has 0 heterocycles. The molecule has 2 N–H and O–H groups in total. The van der Waals surface area contributed by atoms with Gasteiger partial charge in [0.2, 0.25) is 0 Å². The van der Waals surface area contributed by atoms with Crippen molar-refractivity contribution >= 4 is 11.8 Å². The van der Waals surface area contributed by atoms with Gasteiger partial charge in [-0.2, -0.15) is 0 Å². The number of hydrogen-bond donors (Lipinski definition) is 2. The van der Waals surface area contributed by atoms with E-state index >= 15 is 0 Å². The highest BCUT2D eigenvalue weighted by Gasteiger charge is 2.19. The molecule has 0 aliphatic heterocycles. The van der Waals surface area contributed by atoms with Crippen molar-refractivity contribution in [2.24, 2.45) is 0 Å². The first-order valence-electron chi connectivity index (χ1n) is 14.3. The lowest BCUT2D eigenvalue weighted by atomic mass is 10.1. The molecular formula is C35H38N2O4. The van der Waals surface area contributed by atoms with Crippen LogP contribution in [0.3, 0.4) is 0 Å². The van der Waals surface area contributed by atoms with Crippen LogP contribution < -0.4 is 20.1 Å². The highest BCUT2D eigenvalue weighted by atomic mass is 16.5. The van der Waals surface area contributed by atoms with E-state index in [4.69, 9.17) is 9.47 Å². The van der Waals surface area contributed by atoms with Gasteiger partial charge >= 0.3 is 0 Å². The Morgan fingerprint density at radius 3 is 1.22 bits per heavy atom. The minimum Gasteiger partial charge on any atom is -0.481 e. The zero-order chi connectivity index (χ0) is 28.9. The number of nitrogens with one attached hydrogen (secondary N) is 2. The molecule has 0 saturated carbocycles. The molecule has 2 atom stereocenters. The lowest BCUT2D eigenvalue weighted by Crippen LogP contribution is -2.41. The van der Waals surface area contributed by atoms with Crippen LogP contribution in [-0.4, -0.2) is 37.1 Å². The van der Waals surface area contributed by atoms with E-state index in [0.29, 0.717) is 43.9 Å². The fraction of sp³-hybridized carbons (Fsp3) is 0.257. The standard InChI is InChI=1S/C35H38N2O4/c1-3-32(40-30-20-16-28(17-21-30)26-12-7-5-8-13-26)34(38)36-24-11-25-37-35(39)33(4-2)41-31-22-18-29(19-23-31)27-14-9-6-10-15-27/h5-10,12-23,32-33H,3-4,11,24-25H2,1-2H3,(H,36,38)(H,37,39). The summed E-state index contributed by atoms with van der Waals surface area (Å²) in [7, 11) is 0. The number of carbonyl (C=O) groups is 2. The van der Waals surface area contributed by atoms with E-state index in [0.717, 1.165) is 22.3 Å². The Hall–Kier alpha value is -4.58. The number of hydrogen-bond acceptors (Lipinski definition) is 4. The van der Waals surface area contributed by atoms with E-state index in [1.54, 1.807) is 0 Å². The zero-order valence-electron chi connectivity index (χ0n) is 23.7. The van der Waals surface area contributed by atoms with Gasteiger partial charge < -0.3 is 20.1 Å². The summed E-state index contributed by atoms with van der Waals surface area (Å²) in [5, 5.41) is 5.84. The molecule has 0 aliphatic carbocycles. The fourth-order valence-electron chi connectivity index (χ4n) is 4.43. The summed E-state index contributed by atoms with van der Waals surface area (Å²) in [4.78, 5) is 25.4. The Balaban J connectivity index is 1.17. The molecule has 6 nitrogen and oxygen atoms in total. The summed E-state index contributed by atoms with van der Waals surface area (Å²) in [6.07, 6.45) is 0.522. The number of amides is 2. The Labute approximate surface area is 242 Å². The number of benzene rings is 4. The largest absolute Gasteiger partial charge is 0.481 e. The first kappa shape index (κ1) is 29.4. The second-order valence-electron chi connectivity index (χ2n) is 9.75. The van der Waals surface area contributed by atoms with Crippen molar-refractivity contribution in [3.05, 3.63) is 109 Å². The number of carbonyl (C=O) groups excluding carboxylic acids is 2. The van der Waals surface area contributed by atoms with Crippen molar-refractivity contribution in [3.8, 4) is 33.8 Å². The van der Waals surface area contributed by atoms with Crippen LogP contribution in [0.4, 0.5) is 0 Å². The van der Waals surface area contributed by atoms with Gasteiger partial charge in [0.05, 0.1) is 0 Å². The van der Waals surface area contributed by atoms with Crippen molar-refractivity contribution in [2.75, 3.05) is 13.1 Å². The highest BCUT2D eigenvalue weighted by Crippen LogP contribution is 2.24. The second-order valence-corrected chi connectivity index (χ2v) is 9.75. The van der Waals surface area contributed by atoms with Crippen molar-refractivity contribution in [1.82, 2.24) is 10.6 Å². The Morgan fingerprint density at radius 1 is 0.537 bits per heavy atom. The zero-order valence-corrected chi connectivity index (χ0v) is 23.7. The van der Waals surface area contributed by atoms with Crippen LogP contribution in [0.15, 0.2) is 109 Å². The molecule has 0 bridgehead atoms. The van der Waals surface area contributed by atoms with E-state index in [2.05, 4.69) is 34.9 Å². The van der Waals surface area contributed by atoms with Gasteiger partial charge in [0.25, 0.3) is 11.8 Å². The molecule has 0 spiro atoms. The van der Waals surface area contributed by atoms with Gasteiger partial charge in [-0.15, -0.1) is 0 Å². The number of rotatable bonds is 14. The summed E-state index contributed by atoms with van der Waals surface area (Å²) in [6, 6.07) is 35.7. The van der Waals surface area contributed by atoms with Crippen LogP contribution >= 0.6 is 0 Å². The number of ether oxygens (including phenoxy) is 2. The quantitative estimate of drug-likeness (QED) is 0.172. The van der Waals surface area contributed by atoms with Crippen molar-refractivity contribution in [1.29, 1.82) is 0 Å². The average molecular weight is 551 g/mol. The molecule has 6 heteroatoms. The molecule has 212 valence electrons. The lowest BCUT2D eigenvalue weighted by molar-refractivity contribution is -0.128. The smallest absolute Gasteiger partial charge is 0.261 e. The van der Waals surface area contributed by atoms with Crippen molar-refractivity contribution in [2.45, 2.75) is 45.3 Å². The maximum atomic E-state index is 12.7. The predicted molar refractivity (Wildman–Crippen MR) is 164 cm³/mol. The summed E-state index contributed by atoms with van der Waals surface area (Å²) in [6.45, 7) is 4.71. The van der Waals surface area contributed by atoms with Crippen molar-refractivity contribution in [3.63, 3.8) is 0 Å². The van der Waals surface area contributed by atoms with Gasteiger partial charge in [-0.3, -0.25) is 9.59 Å². The molecule has 4 aromatic rings. The molecule has 0 aliphatic rings. The van der Waals surface area contributed by atoms with E-state index in [1.807, 2.05) is 98.8 Å². The van der Waals surface area contributed by atoms with Crippen LogP contribution in [-0.2, 0) is 9.59 Å². The minimum absolute atomic E-state index is 0.167. The Bertz CT molecular complexity index is 1250. The van der Waals surface area contributed by atoms with Gasteiger partial charge in [-0.05, 0) is 65.8 Å².